The summed E-state index contributed by atoms with van der Waals surface area (Å²) in [4.78, 5) is 22.5. The summed E-state index contributed by atoms with van der Waals surface area (Å²) in [6, 6.07) is 6.77. The lowest BCUT2D eigenvalue weighted by Gasteiger charge is -2.13. The fourth-order valence-electron chi connectivity index (χ4n) is 1.63. The van der Waals surface area contributed by atoms with E-state index in [0.29, 0.717) is 17.9 Å². The Morgan fingerprint density at radius 3 is 2.50 bits per heavy atom. The van der Waals surface area contributed by atoms with Crippen LogP contribution in [0.3, 0.4) is 0 Å². The molecule has 0 unspecified atom stereocenters. The molecule has 0 aliphatic heterocycles. The minimum absolute atomic E-state index is 0.142. The van der Waals surface area contributed by atoms with Gasteiger partial charge in [-0.1, -0.05) is 6.92 Å². The quantitative estimate of drug-likeness (QED) is 0.637. The van der Waals surface area contributed by atoms with Gasteiger partial charge in [-0.05, 0) is 37.7 Å². The predicted molar refractivity (Wildman–Crippen MR) is 76.6 cm³/mol. The highest BCUT2D eigenvalue weighted by atomic mass is 16.5. The second kappa shape index (κ2) is 8.16. The molecule has 6 nitrogen and oxygen atoms in total. The number of hydrogen-bond donors (Lipinski definition) is 3. The van der Waals surface area contributed by atoms with E-state index >= 15 is 0 Å². The average molecular weight is 279 g/mol. The normalized spacial score (nSPS) is 11.7. The molecule has 0 spiro atoms. The first-order valence-corrected chi connectivity index (χ1v) is 6.55. The van der Waals surface area contributed by atoms with E-state index in [1.54, 1.807) is 24.3 Å². The molecule has 1 aromatic rings. The lowest BCUT2D eigenvalue weighted by Crippen LogP contribution is -2.38. The molecule has 6 heteroatoms. The van der Waals surface area contributed by atoms with Gasteiger partial charge in [0.05, 0.1) is 0 Å². The summed E-state index contributed by atoms with van der Waals surface area (Å²) in [7, 11) is 0. The molecular formula is C14H21N3O3. The number of hydrogen-bond acceptors (Lipinski definition) is 4. The van der Waals surface area contributed by atoms with Crippen molar-refractivity contribution in [2.45, 2.75) is 19.9 Å². The maximum absolute atomic E-state index is 11.9. The number of amides is 2. The smallest absolute Gasteiger partial charge is 0.255 e. The summed E-state index contributed by atoms with van der Waals surface area (Å²) < 4.78 is 5.12. The van der Waals surface area contributed by atoms with Crippen LogP contribution in [0, 0.1) is 0 Å². The zero-order valence-electron chi connectivity index (χ0n) is 11.8. The molecule has 0 aliphatic carbocycles. The standard InChI is InChI=1S/C14H21N3O3/c1-3-16-10(2)8-17-14(19)11-4-6-12(7-5-11)20-9-13(15)18/h4-7,10,16H,3,8-9H2,1-2H3,(H2,15,18)(H,17,19)/t10-/m1/s1. The van der Waals surface area contributed by atoms with Gasteiger partial charge in [0, 0.05) is 18.2 Å². The maximum Gasteiger partial charge on any atom is 0.255 e. The highest BCUT2D eigenvalue weighted by Crippen LogP contribution is 2.11. The molecule has 0 fully saturated rings. The summed E-state index contributed by atoms with van der Waals surface area (Å²) in [6.45, 7) is 5.27. The molecule has 0 aliphatic rings. The van der Waals surface area contributed by atoms with Gasteiger partial charge in [-0.3, -0.25) is 9.59 Å². The topological polar surface area (TPSA) is 93.4 Å². The summed E-state index contributed by atoms with van der Waals surface area (Å²) in [5, 5.41) is 6.05. The van der Waals surface area contributed by atoms with Gasteiger partial charge < -0.3 is 21.1 Å². The largest absolute Gasteiger partial charge is 0.484 e. The van der Waals surface area contributed by atoms with Crippen molar-refractivity contribution in [2.24, 2.45) is 5.73 Å². The van der Waals surface area contributed by atoms with Crippen LogP contribution < -0.4 is 21.1 Å². The van der Waals surface area contributed by atoms with Crippen LogP contribution in [0.4, 0.5) is 0 Å². The van der Waals surface area contributed by atoms with Crippen LogP contribution in [-0.4, -0.2) is 37.6 Å². The van der Waals surface area contributed by atoms with Crippen molar-refractivity contribution in [3.63, 3.8) is 0 Å². The van der Waals surface area contributed by atoms with E-state index in [9.17, 15) is 9.59 Å². The van der Waals surface area contributed by atoms with Gasteiger partial charge in [0.15, 0.2) is 6.61 Å². The SMILES string of the molecule is CCN[C@H](C)CNC(=O)c1ccc(OCC(N)=O)cc1. The third-order valence-corrected chi connectivity index (χ3v) is 2.62. The first-order valence-electron chi connectivity index (χ1n) is 6.55. The monoisotopic (exact) mass is 279 g/mol. The van der Waals surface area contributed by atoms with Gasteiger partial charge in [0.25, 0.3) is 11.8 Å². The summed E-state index contributed by atoms with van der Waals surface area (Å²) in [6.07, 6.45) is 0. The number of ether oxygens (including phenoxy) is 1. The molecular weight excluding hydrogens is 258 g/mol. The van der Waals surface area contributed by atoms with Gasteiger partial charge in [-0.2, -0.15) is 0 Å². The molecule has 20 heavy (non-hydrogen) atoms. The van der Waals surface area contributed by atoms with Crippen molar-refractivity contribution in [1.82, 2.24) is 10.6 Å². The minimum Gasteiger partial charge on any atom is -0.484 e. The number of nitrogens with two attached hydrogens (primary N) is 1. The lowest BCUT2D eigenvalue weighted by atomic mass is 10.2. The third kappa shape index (κ3) is 5.71. The van der Waals surface area contributed by atoms with E-state index in [2.05, 4.69) is 10.6 Å². The van der Waals surface area contributed by atoms with Crippen LogP contribution in [-0.2, 0) is 4.79 Å². The Morgan fingerprint density at radius 1 is 1.30 bits per heavy atom. The fraction of sp³-hybridized carbons (Fsp3) is 0.429. The van der Waals surface area contributed by atoms with E-state index in [-0.39, 0.29) is 18.6 Å². The van der Waals surface area contributed by atoms with Crippen LogP contribution in [0.2, 0.25) is 0 Å². The number of benzene rings is 1. The van der Waals surface area contributed by atoms with Gasteiger partial charge in [-0.15, -0.1) is 0 Å². The Hall–Kier alpha value is -2.08. The highest BCUT2D eigenvalue weighted by Gasteiger charge is 2.07. The second-order valence-electron chi connectivity index (χ2n) is 4.45. The molecule has 0 bridgehead atoms. The van der Waals surface area contributed by atoms with Crippen molar-refractivity contribution in [3.05, 3.63) is 29.8 Å². The van der Waals surface area contributed by atoms with Crippen molar-refractivity contribution in [1.29, 1.82) is 0 Å². The van der Waals surface area contributed by atoms with E-state index in [4.69, 9.17) is 10.5 Å². The van der Waals surface area contributed by atoms with Crippen molar-refractivity contribution in [2.75, 3.05) is 19.7 Å². The molecule has 2 amide bonds. The number of rotatable bonds is 8. The van der Waals surface area contributed by atoms with E-state index < -0.39 is 5.91 Å². The zero-order valence-corrected chi connectivity index (χ0v) is 11.8. The average Bonchev–Trinajstić information content (AvgIpc) is 2.43. The van der Waals surface area contributed by atoms with Crippen LogP contribution in [0.25, 0.3) is 0 Å². The predicted octanol–water partition coefficient (Wildman–Crippen LogP) is 0.279. The fourth-order valence-corrected chi connectivity index (χ4v) is 1.63. The summed E-state index contributed by atoms with van der Waals surface area (Å²) in [5.41, 5.74) is 5.52. The first kappa shape index (κ1) is 16.0. The number of primary amides is 1. The molecule has 4 N–H and O–H groups in total. The molecule has 0 heterocycles. The van der Waals surface area contributed by atoms with Gasteiger partial charge in [0.1, 0.15) is 5.75 Å². The highest BCUT2D eigenvalue weighted by molar-refractivity contribution is 5.94. The second-order valence-corrected chi connectivity index (χ2v) is 4.45. The molecule has 0 saturated heterocycles. The van der Waals surface area contributed by atoms with Crippen LogP contribution in [0.5, 0.6) is 5.75 Å². The number of carbonyl (C=O) groups is 2. The van der Waals surface area contributed by atoms with Crippen molar-refractivity contribution >= 4 is 11.8 Å². The van der Waals surface area contributed by atoms with Crippen molar-refractivity contribution < 1.29 is 14.3 Å². The molecule has 0 radical (unpaired) electrons. The number of carbonyl (C=O) groups excluding carboxylic acids is 2. The lowest BCUT2D eigenvalue weighted by molar-refractivity contribution is -0.119. The van der Waals surface area contributed by atoms with E-state index in [1.807, 2.05) is 13.8 Å². The Bertz CT molecular complexity index is 445. The maximum atomic E-state index is 11.9. The summed E-state index contributed by atoms with van der Waals surface area (Å²) in [5.74, 6) is -0.179. The van der Waals surface area contributed by atoms with Gasteiger partial charge in [0.2, 0.25) is 0 Å². The van der Waals surface area contributed by atoms with Crippen LogP contribution in [0.15, 0.2) is 24.3 Å². The van der Waals surface area contributed by atoms with E-state index in [1.165, 1.54) is 0 Å². The Kier molecular flexibility index (Phi) is 6.52. The third-order valence-electron chi connectivity index (χ3n) is 2.62. The Morgan fingerprint density at radius 2 is 1.95 bits per heavy atom. The minimum atomic E-state index is -0.538. The molecule has 1 aromatic carbocycles. The summed E-state index contributed by atoms with van der Waals surface area (Å²) >= 11 is 0. The Labute approximate surface area is 118 Å². The number of likely N-dealkylation sites (N-methyl/N-ethyl adjacent to an activating group) is 1. The van der Waals surface area contributed by atoms with Gasteiger partial charge >= 0.3 is 0 Å². The van der Waals surface area contributed by atoms with Gasteiger partial charge in [-0.25, -0.2) is 0 Å². The molecule has 0 saturated carbocycles. The Balaban J connectivity index is 2.46. The van der Waals surface area contributed by atoms with Crippen molar-refractivity contribution in [3.8, 4) is 5.75 Å². The number of nitrogens with one attached hydrogen (secondary N) is 2. The molecule has 110 valence electrons. The van der Waals surface area contributed by atoms with E-state index in [0.717, 1.165) is 6.54 Å². The molecule has 0 aromatic heterocycles. The zero-order chi connectivity index (χ0) is 15.0. The molecule has 1 atom stereocenters. The van der Waals surface area contributed by atoms with Crippen LogP contribution in [0.1, 0.15) is 24.2 Å². The first-order chi connectivity index (χ1) is 9.52. The molecule has 1 rings (SSSR count). The van der Waals surface area contributed by atoms with Crippen LogP contribution >= 0.6 is 0 Å².